The number of aliphatic carboxylic acids is 1. The minimum absolute atomic E-state index is 0.201. The Bertz CT molecular complexity index is 485. The molecule has 4 unspecified atom stereocenters. The molecule has 1 fully saturated rings. The van der Waals surface area contributed by atoms with E-state index in [-0.39, 0.29) is 24.3 Å². The zero-order chi connectivity index (χ0) is 19.1. The van der Waals surface area contributed by atoms with Crippen molar-refractivity contribution in [2.24, 2.45) is 23.3 Å². The van der Waals surface area contributed by atoms with Crippen LogP contribution in [0.4, 0.5) is 0 Å². The summed E-state index contributed by atoms with van der Waals surface area (Å²) in [5.41, 5.74) is 11.2. The normalized spacial score (nSPS) is 24.2. The second-order valence-corrected chi connectivity index (χ2v) is 6.57. The topological polar surface area (TPSA) is 151 Å². The third kappa shape index (κ3) is 5.94. The number of carboxylic acids is 1. The number of carbonyl (C=O) groups is 3. The lowest BCUT2D eigenvalue weighted by atomic mass is 9.92. The zero-order valence-corrected chi connectivity index (χ0v) is 15.2. The van der Waals surface area contributed by atoms with E-state index in [0.29, 0.717) is 19.5 Å². The molecule has 0 spiro atoms. The molecule has 2 amide bonds. The van der Waals surface area contributed by atoms with Crippen LogP contribution in [0.15, 0.2) is 0 Å². The summed E-state index contributed by atoms with van der Waals surface area (Å²) in [6, 6.07) is -1.16. The number of carbonyl (C=O) groups excluding carboxylic acids is 2. The number of likely N-dealkylation sites (N-methyl/N-ethyl adjacent to an activating group) is 1. The second-order valence-electron chi connectivity index (χ2n) is 6.57. The molecule has 0 aromatic carbocycles. The van der Waals surface area contributed by atoms with Gasteiger partial charge < -0.3 is 26.8 Å². The van der Waals surface area contributed by atoms with Crippen LogP contribution in [0.25, 0.3) is 0 Å². The summed E-state index contributed by atoms with van der Waals surface area (Å²) in [5, 5.41) is 15.0. The fourth-order valence-corrected chi connectivity index (χ4v) is 3.54. The molecule has 9 nitrogen and oxygen atoms in total. The van der Waals surface area contributed by atoms with E-state index < -0.39 is 30.1 Å². The third-order valence-corrected chi connectivity index (χ3v) is 4.61. The van der Waals surface area contributed by atoms with E-state index in [1.807, 2.05) is 13.8 Å². The Labute approximate surface area is 148 Å². The summed E-state index contributed by atoms with van der Waals surface area (Å²) >= 11 is 0. The quantitative estimate of drug-likeness (QED) is 0.333. The Morgan fingerprint density at radius 2 is 1.88 bits per heavy atom. The van der Waals surface area contributed by atoms with Gasteiger partial charge in [-0.1, -0.05) is 6.92 Å². The summed E-state index contributed by atoms with van der Waals surface area (Å²) in [7, 11) is 0. The first-order valence-electron chi connectivity index (χ1n) is 8.77. The van der Waals surface area contributed by atoms with E-state index >= 15 is 0 Å². The maximum Gasteiger partial charge on any atom is 0.306 e. The van der Waals surface area contributed by atoms with Crippen molar-refractivity contribution in [3.8, 4) is 0 Å². The predicted octanol–water partition coefficient (Wildman–Crippen LogP) is -0.980. The van der Waals surface area contributed by atoms with E-state index in [0.717, 1.165) is 6.42 Å². The van der Waals surface area contributed by atoms with Gasteiger partial charge in [-0.25, -0.2) is 0 Å². The number of hydrogen-bond acceptors (Lipinski definition) is 6. The van der Waals surface area contributed by atoms with E-state index in [1.54, 1.807) is 4.90 Å². The number of rotatable bonds is 9. The van der Waals surface area contributed by atoms with Gasteiger partial charge in [-0.15, -0.1) is 0 Å². The number of nitrogens with two attached hydrogens (primary N) is 2. The molecule has 0 saturated heterocycles. The van der Waals surface area contributed by atoms with E-state index in [1.165, 1.54) is 6.92 Å². The highest BCUT2D eigenvalue weighted by Gasteiger charge is 2.45. The van der Waals surface area contributed by atoms with Gasteiger partial charge in [0.1, 0.15) is 12.3 Å². The van der Waals surface area contributed by atoms with Crippen LogP contribution >= 0.6 is 0 Å². The highest BCUT2D eigenvalue weighted by atomic mass is 16.4. The van der Waals surface area contributed by atoms with Gasteiger partial charge in [-0.05, 0) is 26.2 Å². The largest absolute Gasteiger partial charge is 0.481 e. The van der Waals surface area contributed by atoms with Crippen LogP contribution in [-0.4, -0.2) is 59.3 Å². The third-order valence-electron chi connectivity index (χ3n) is 4.61. The molecular weight excluding hydrogens is 326 g/mol. The maximum absolute atomic E-state index is 13.0. The van der Waals surface area contributed by atoms with E-state index in [9.17, 15) is 19.5 Å². The Morgan fingerprint density at radius 1 is 1.24 bits per heavy atom. The molecule has 1 aliphatic carbocycles. The molecule has 1 saturated carbocycles. The number of hydrogen-bond donors (Lipinski definition) is 5. The summed E-state index contributed by atoms with van der Waals surface area (Å²) in [5.74, 6) is -2.45. The first-order valence-corrected chi connectivity index (χ1v) is 8.77. The fourth-order valence-electron chi connectivity index (χ4n) is 3.54. The first-order chi connectivity index (χ1) is 11.7. The van der Waals surface area contributed by atoms with Crippen molar-refractivity contribution in [3.63, 3.8) is 0 Å². The summed E-state index contributed by atoms with van der Waals surface area (Å²) in [6.07, 6.45) is 0.560. The Kier molecular flexibility index (Phi) is 8.27. The van der Waals surface area contributed by atoms with Crippen LogP contribution in [0.2, 0.25) is 0 Å². The number of amides is 2. The fraction of sp³-hybridized carbons (Fsp3) is 0.812. The monoisotopic (exact) mass is 357 g/mol. The molecule has 9 heteroatoms. The molecule has 7 N–H and O–H groups in total. The number of nitrogens with zero attached hydrogens (tertiary/aromatic N) is 1. The van der Waals surface area contributed by atoms with Crippen molar-refractivity contribution >= 4 is 17.8 Å². The average molecular weight is 357 g/mol. The lowest BCUT2D eigenvalue weighted by Crippen LogP contribution is -2.58. The molecular formula is C16H31N5O4. The van der Waals surface area contributed by atoms with Crippen molar-refractivity contribution in [3.05, 3.63) is 0 Å². The van der Waals surface area contributed by atoms with Crippen LogP contribution < -0.4 is 22.1 Å². The maximum atomic E-state index is 13.0. The molecule has 25 heavy (non-hydrogen) atoms. The van der Waals surface area contributed by atoms with Gasteiger partial charge in [0, 0.05) is 32.0 Å². The minimum Gasteiger partial charge on any atom is -0.481 e. The highest BCUT2D eigenvalue weighted by molar-refractivity contribution is 5.87. The lowest BCUT2D eigenvalue weighted by Gasteiger charge is -2.33. The Morgan fingerprint density at radius 3 is 2.32 bits per heavy atom. The molecule has 0 aromatic heterocycles. The minimum atomic E-state index is -0.921. The molecule has 0 aromatic rings. The van der Waals surface area contributed by atoms with Crippen molar-refractivity contribution in [1.29, 1.82) is 0 Å². The molecule has 0 aliphatic heterocycles. The number of nitrogens with one attached hydrogen (secondary N) is 2. The van der Waals surface area contributed by atoms with Gasteiger partial charge in [0.2, 0.25) is 11.8 Å². The molecule has 0 heterocycles. The van der Waals surface area contributed by atoms with Gasteiger partial charge in [-0.2, -0.15) is 0 Å². The average Bonchev–Trinajstić information content (AvgIpc) is 2.92. The zero-order valence-electron chi connectivity index (χ0n) is 15.2. The van der Waals surface area contributed by atoms with Gasteiger partial charge in [-0.3, -0.25) is 19.7 Å². The van der Waals surface area contributed by atoms with Gasteiger partial charge in [0.15, 0.2) is 0 Å². The van der Waals surface area contributed by atoms with Gasteiger partial charge in [0.25, 0.3) is 0 Å². The van der Waals surface area contributed by atoms with Crippen LogP contribution in [0.5, 0.6) is 0 Å². The summed E-state index contributed by atoms with van der Waals surface area (Å²) in [6.45, 7) is 6.29. The van der Waals surface area contributed by atoms with Gasteiger partial charge in [0.05, 0.1) is 5.92 Å². The predicted molar refractivity (Wildman–Crippen MR) is 93.1 cm³/mol. The van der Waals surface area contributed by atoms with Crippen LogP contribution in [0.3, 0.4) is 0 Å². The Hall–Kier alpha value is -1.71. The molecule has 1 rings (SSSR count). The number of carboxylic acid groups (broad SMARTS) is 1. The standard InChI is InChI=1S/C16H31N5O4/c1-4-6-21(5-2)14(23)13(19-9(3)22)11-7-10(15(24)25)8-12(11)20-16(17)18/h10-13,16,20H,4-8,17-18H2,1-3H3,(H,19,22)(H,24,25). The van der Waals surface area contributed by atoms with Crippen molar-refractivity contribution in [2.45, 2.75) is 58.4 Å². The molecule has 4 atom stereocenters. The summed E-state index contributed by atoms with van der Waals surface area (Å²) in [4.78, 5) is 37.7. The highest BCUT2D eigenvalue weighted by Crippen LogP contribution is 2.34. The van der Waals surface area contributed by atoms with Gasteiger partial charge >= 0.3 is 5.97 Å². The molecule has 1 aliphatic rings. The van der Waals surface area contributed by atoms with Crippen molar-refractivity contribution in [2.75, 3.05) is 13.1 Å². The lowest BCUT2D eigenvalue weighted by molar-refractivity contribution is -0.142. The first kappa shape index (κ1) is 21.3. The SMILES string of the molecule is CCCN(CC)C(=O)C(NC(C)=O)C1CC(C(=O)O)CC1NC(N)N. The smallest absolute Gasteiger partial charge is 0.306 e. The van der Waals surface area contributed by atoms with E-state index in [2.05, 4.69) is 10.6 Å². The summed E-state index contributed by atoms with van der Waals surface area (Å²) < 4.78 is 0. The van der Waals surface area contributed by atoms with Crippen LogP contribution in [-0.2, 0) is 14.4 Å². The van der Waals surface area contributed by atoms with Crippen LogP contribution in [0, 0.1) is 11.8 Å². The second kappa shape index (κ2) is 9.69. The molecule has 0 radical (unpaired) electrons. The molecule has 144 valence electrons. The Balaban J connectivity index is 3.09. The van der Waals surface area contributed by atoms with Crippen molar-refractivity contribution < 1.29 is 19.5 Å². The van der Waals surface area contributed by atoms with Crippen molar-refractivity contribution in [1.82, 2.24) is 15.5 Å². The van der Waals surface area contributed by atoms with Crippen LogP contribution in [0.1, 0.15) is 40.0 Å². The molecule has 0 bridgehead atoms. The van der Waals surface area contributed by atoms with E-state index in [4.69, 9.17) is 11.5 Å².